The molecule has 112 valence electrons. The normalized spacial score (nSPS) is 12.3. The molecule has 2 rings (SSSR count). The predicted molar refractivity (Wildman–Crippen MR) is 90.0 cm³/mol. The van der Waals surface area contributed by atoms with Crippen molar-refractivity contribution in [1.82, 2.24) is 10.3 Å². The van der Waals surface area contributed by atoms with E-state index in [-0.39, 0.29) is 6.04 Å². The summed E-state index contributed by atoms with van der Waals surface area (Å²) in [5.74, 6) is 0.575. The van der Waals surface area contributed by atoms with Crippen LogP contribution in [0.3, 0.4) is 0 Å². The van der Waals surface area contributed by atoms with Crippen molar-refractivity contribution < 1.29 is 0 Å². The quantitative estimate of drug-likeness (QED) is 0.851. The van der Waals surface area contributed by atoms with Crippen LogP contribution in [0.25, 0.3) is 0 Å². The van der Waals surface area contributed by atoms with Gasteiger partial charge in [0.15, 0.2) is 0 Å². The minimum atomic E-state index is 0.207. The largest absolute Gasteiger partial charge is 0.383 e. The molecule has 0 spiro atoms. The van der Waals surface area contributed by atoms with Crippen LogP contribution in [0.5, 0.6) is 0 Å². The Morgan fingerprint density at radius 1 is 1.14 bits per heavy atom. The van der Waals surface area contributed by atoms with Crippen LogP contribution in [0, 0.1) is 0 Å². The first kappa shape index (κ1) is 16.1. The topological polar surface area (TPSA) is 50.9 Å². The highest BCUT2D eigenvalue weighted by Gasteiger charge is 2.15. The van der Waals surface area contributed by atoms with Gasteiger partial charge in [-0.05, 0) is 48.7 Å². The van der Waals surface area contributed by atoms with Crippen molar-refractivity contribution in [3.63, 3.8) is 0 Å². The first-order valence-electron chi connectivity index (χ1n) is 6.97. The molecule has 21 heavy (non-hydrogen) atoms. The summed E-state index contributed by atoms with van der Waals surface area (Å²) >= 11 is 12.5. The van der Waals surface area contributed by atoms with E-state index in [9.17, 15) is 0 Å². The Morgan fingerprint density at radius 3 is 2.48 bits per heavy atom. The van der Waals surface area contributed by atoms with Gasteiger partial charge in [-0.15, -0.1) is 0 Å². The second kappa shape index (κ2) is 7.64. The molecule has 0 aliphatic heterocycles. The van der Waals surface area contributed by atoms with Crippen LogP contribution in [0.4, 0.5) is 5.82 Å². The van der Waals surface area contributed by atoms with E-state index >= 15 is 0 Å². The zero-order chi connectivity index (χ0) is 15.2. The Hall–Kier alpha value is -1.29. The lowest BCUT2D eigenvalue weighted by atomic mass is 9.99. The zero-order valence-electron chi connectivity index (χ0n) is 11.9. The maximum absolute atomic E-state index is 6.26. The van der Waals surface area contributed by atoms with Gasteiger partial charge in [0.1, 0.15) is 5.82 Å². The van der Waals surface area contributed by atoms with Crippen molar-refractivity contribution in [3.05, 3.63) is 57.7 Å². The van der Waals surface area contributed by atoms with Crippen LogP contribution in [0.15, 0.2) is 36.5 Å². The number of aromatic nitrogens is 1. The lowest BCUT2D eigenvalue weighted by Gasteiger charge is -2.20. The van der Waals surface area contributed by atoms with Crippen LogP contribution in [0.1, 0.15) is 18.1 Å². The highest BCUT2D eigenvalue weighted by Crippen LogP contribution is 2.26. The number of rotatable bonds is 6. The summed E-state index contributed by atoms with van der Waals surface area (Å²) in [6.07, 6.45) is 3.24. The van der Waals surface area contributed by atoms with Crippen LogP contribution in [-0.4, -0.2) is 17.6 Å². The molecule has 0 amide bonds. The molecule has 0 aliphatic carbocycles. The van der Waals surface area contributed by atoms with Gasteiger partial charge in [-0.25, -0.2) is 4.98 Å². The van der Waals surface area contributed by atoms with E-state index in [0.717, 1.165) is 30.5 Å². The third kappa shape index (κ3) is 4.34. The highest BCUT2D eigenvalue weighted by molar-refractivity contribution is 6.36. The summed E-state index contributed by atoms with van der Waals surface area (Å²) in [4.78, 5) is 4.13. The van der Waals surface area contributed by atoms with Crippen molar-refractivity contribution >= 4 is 29.0 Å². The monoisotopic (exact) mass is 323 g/mol. The number of hydrogen-bond donors (Lipinski definition) is 2. The number of benzene rings is 1. The molecule has 1 atom stereocenters. The Morgan fingerprint density at radius 2 is 1.86 bits per heavy atom. The molecule has 0 aliphatic rings. The van der Waals surface area contributed by atoms with Crippen molar-refractivity contribution in [2.75, 3.05) is 12.3 Å². The van der Waals surface area contributed by atoms with Gasteiger partial charge >= 0.3 is 0 Å². The number of pyridine rings is 1. The van der Waals surface area contributed by atoms with Crippen LogP contribution >= 0.6 is 23.2 Å². The molecule has 0 saturated heterocycles. The molecule has 0 saturated carbocycles. The maximum Gasteiger partial charge on any atom is 0.126 e. The SMILES string of the molecule is CCNC(Cc1cccnc1N)Cc1c(Cl)cccc1Cl. The molecule has 2 aromatic rings. The minimum Gasteiger partial charge on any atom is -0.383 e. The summed E-state index contributed by atoms with van der Waals surface area (Å²) < 4.78 is 0. The standard InChI is InChI=1S/C16H19Cl2N3/c1-2-20-12(9-11-5-4-8-21-16(11)19)10-13-14(17)6-3-7-15(13)18/h3-8,12,20H,2,9-10H2,1H3,(H2,19,21). The van der Waals surface area contributed by atoms with E-state index < -0.39 is 0 Å². The third-order valence-corrected chi connectivity index (χ3v) is 4.11. The Labute approximate surface area is 135 Å². The summed E-state index contributed by atoms with van der Waals surface area (Å²) in [5, 5.41) is 4.86. The molecule has 1 unspecified atom stereocenters. The number of likely N-dealkylation sites (N-methyl/N-ethyl adjacent to an activating group) is 1. The summed E-state index contributed by atoms with van der Waals surface area (Å²) in [6.45, 7) is 2.95. The van der Waals surface area contributed by atoms with E-state index in [1.54, 1.807) is 6.20 Å². The van der Waals surface area contributed by atoms with Crippen LogP contribution < -0.4 is 11.1 Å². The van der Waals surface area contributed by atoms with Gasteiger partial charge in [0.2, 0.25) is 0 Å². The predicted octanol–water partition coefficient (Wildman–Crippen LogP) is 3.73. The molecule has 1 aromatic carbocycles. The first-order chi connectivity index (χ1) is 10.1. The number of anilines is 1. The Kier molecular flexibility index (Phi) is 5.85. The fourth-order valence-electron chi connectivity index (χ4n) is 2.37. The average molecular weight is 324 g/mol. The van der Waals surface area contributed by atoms with E-state index in [2.05, 4.69) is 17.2 Å². The average Bonchev–Trinajstić information content (AvgIpc) is 2.45. The third-order valence-electron chi connectivity index (χ3n) is 3.40. The smallest absolute Gasteiger partial charge is 0.126 e. The number of halogens is 2. The lowest BCUT2D eigenvalue weighted by Crippen LogP contribution is -2.33. The number of nitrogens with one attached hydrogen (secondary N) is 1. The molecule has 3 nitrogen and oxygen atoms in total. The van der Waals surface area contributed by atoms with Gasteiger partial charge in [0, 0.05) is 22.3 Å². The number of nitrogen functional groups attached to an aromatic ring is 1. The molecule has 1 aromatic heterocycles. The van der Waals surface area contributed by atoms with Crippen molar-refractivity contribution in [2.24, 2.45) is 0 Å². The number of nitrogens with two attached hydrogens (primary N) is 1. The van der Waals surface area contributed by atoms with Gasteiger partial charge in [-0.2, -0.15) is 0 Å². The van der Waals surface area contributed by atoms with E-state index in [0.29, 0.717) is 15.9 Å². The van der Waals surface area contributed by atoms with Gasteiger partial charge in [0.25, 0.3) is 0 Å². The second-order valence-electron chi connectivity index (χ2n) is 4.91. The second-order valence-corrected chi connectivity index (χ2v) is 5.73. The van der Waals surface area contributed by atoms with Crippen molar-refractivity contribution in [3.8, 4) is 0 Å². The van der Waals surface area contributed by atoms with E-state index in [1.807, 2.05) is 30.3 Å². The lowest BCUT2D eigenvalue weighted by molar-refractivity contribution is 0.521. The molecular weight excluding hydrogens is 305 g/mol. The number of nitrogens with zero attached hydrogens (tertiary/aromatic N) is 1. The van der Waals surface area contributed by atoms with Crippen LogP contribution in [-0.2, 0) is 12.8 Å². The molecule has 0 bridgehead atoms. The molecular formula is C16H19Cl2N3. The fourth-order valence-corrected chi connectivity index (χ4v) is 2.92. The van der Waals surface area contributed by atoms with Crippen molar-refractivity contribution in [2.45, 2.75) is 25.8 Å². The van der Waals surface area contributed by atoms with Gasteiger partial charge in [-0.3, -0.25) is 0 Å². The zero-order valence-corrected chi connectivity index (χ0v) is 13.5. The van der Waals surface area contributed by atoms with E-state index in [4.69, 9.17) is 28.9 Å². The number of hydrogen-bond acceptors (Lipinski definition) is 3. The molecule has 0 fully saturated rings. The van der Waals surface area contributed by atoms with Crippen molar-refractivity contribution in [1.29, 1.82) is 0 Å². The van der Waals surface area contributed by atoms with Gasteiger partial charge < -0.3 is 11.1 Å². The molecule has 1 heterocycles. The summed E-state index contributed by atoms with van der Waals surface area (Å²) in [7, 11) is 0. The Bertz CT molecular complexity index is 582. The molecule has 0 radical (unpaired) electrons. The minimum absolute atomic E-state index is 0.207. The maximum atomic E-state index is 6.26. The highest BCUT2D eigenvalue weighted by atomic mass is 35.5. The fraction of sp³-hybridized carbons (Fsp3) is 0.312. The summed E-state index contributed by atoms with van der Waals surface area (Å²) in [6, 6.07) is 9.70. The molecule has 5 heteroatoms. The van der Waals surface area contributed by atoms with Crippen LogP contribution in [0.2, 0.25) is 10.0 Å². The van der Waals surface area contributed by atoms with E-state index in [1.165, 1.54) is 0 Å². The van der Waals surface area contributed by atoms with Gasteiger partial charge in [-0.1, -0.05) is 42.3 Å². The summed E-state index contributed by atoms with van der Waals surface area (Å²) in [5.41, 5.74) is 7.93. The first-order valence-corrected chi connectivity index (χ1v) is 7.73. The Balaban J connectivity index is 2.18. The molecule has 3 N–H and O–H groups in total. The van der Waals surface area contributed by atoms with Gasteiger partial charge in [0.05, 0.1) is 0 Å².